The standard InChI is InChI=1S/C10H22N2O2/c1-9(8-13)4-3-5-11-6-7-12-10(2)14/h9,11,13H,3-8H2,1-2H3,(H,12,14). The monoisotopic (exact) mass is 202 g/mol. The van der Waals surface area contributed by atoms with Crippen LogP contribution in [0.15, 0.2) is 0 Å². The number of aliphatic hydroxyl groups excluding tert-OH is 1. The second kappa shape index (κ2) is 8.97. The van der Waals surface area contributed by atoms with Crippen LogP contribution >= 0.6 is 0 Å². The first kappa shape index (κ1) is 13.4. The lowest BCUT2D eigenvalue weighted by Crippen LogP contribution is -2.30. The van der Waals surface area contributed by atoms with E-state index in [-0.39, 0.29) is 12.5 Å². The minimum Gasteiger partial charge on any atom is -0.396 e. The lowest BCUT2D eigenvalue weighted by atomic mass is 10.1. The summed E-state index contributed by atoms with van der Waals surface area (Å²) in [5.74, 6) is 0.410. The number of carbonyl (C=O) groups excluding carboxylic acids is 1. The highest BCUT2D eigenvalue weighted by molar-refractivity contribution is 5.72. The van der Waals surface area contributed by atoms with Gasteiger partial charge in [0.05, 0.1) is 0 Å². The molecule has 1 unspecified atom stereocenters. The Morgan fingerprint density at radius 3 is 2.64 bits per heavy atom. The zero-order valence-electron chi connectivity index (χ0n) is 9.18. The first-order chi connectivity index (χ1) is 6.66. The van der Waals surface area contributed by atoms with Gasteiger partial charge in [-0.15, -0.1) is 0 Å². The van der Waals surface area contributed by atoms with Crippen LogP contribution in [0.4, 0.5) is 0 Å². The molecule has 0 radical (unpaired) electrons. The van der Waals surface area contributed by atoms with Crippen LogP contribution < -0.4 is 10.6 Å². The van der Waals surface area contributed by atoms with Crippen LogP contribution in [0.2, 0.25) is 0 Å². The molecule has 1 atom stereocenters. The number of aliphatic hydroxyl groups is 1. The molecule has 0 saturated heterocycles. The molecule has 0 rings (SSSR count). The van der Waals surface area contributed by atoms with Crippen LogP contribution in [0, 0.1) is 5.92 Å². The maximum atomic E-state index is 10.5. The molecule has 4 nitrogen and oxygen atoms in total. The van der Waals surface area contributed by atoms with Crippen molar-refractivity contribution in [3.05, 3.63) is 0 Å². The molecule has 0 aromatic rings. The normalized spacial score (nSPS) is 12.5. The highest BCUT2D eigenvalue weighted by atomic mass is 16.3. The Morgan fingerprint density at radius 1 is 1.36 bits per heavy atom. The Hall–Kier alpha value is -0.610. The fourth-order valence-corrected chi connectivity index (χ4v) is 1.12. The lowest BCUT2D eigenvalue weighted by Gasteiger charge is -2.08. The molecule has 0 aromatic carbocycles. The van der Waals surface area contributed by atoms with Crippen LogP contribution in [-0.2, 0) is 4.79 Å². The van der Waals surface area contributed by atoms with E-state index in [1.165, 1.54) is 6.92 Å². The van der Waals surface area contributed by atoms with Crippen LogP contribution in [0.5, 0.6) is 0 Å². The van der Waals surface area contributed by atoms with E-state index in [4.69, 9.17) is 5.11 Å². The van der Waals surface area contributed by atoms with Crippen LogP contribution in [0.1, 0.15) is 26.7 Å². The van der Waals surface area contributed by atoms with Gasteiger partial charge in [-0.05, 0) is 25.3 Å². The lowest BCUT2D eigenvalue weighted by molar-refractivity contribution is -0.118. The van der Waals surface area contributed by atoms with Crippen molar-refractivity contribution in [1.82, 2.24) is 10.6 Å². The molecule has 0 spiro atoms. The summed E-state index contributed by atoms with van der Waals surface area (Å²) < 4.78 is 0. The van der Waals surface area contributed by atoms with Crippen molar-refractivity contribution in [2.24, 2.45) is 5.92 Å². The summed E-state index contributed by atoms with van der Waals surface area (Å²) in [5.41, 5.74) is 0. The molecule has 0 aromatic heterocycles. The molecule has 0 bridgehead atoms. The number of hydrogen-bond donors (Lipinski definition) is 3. The van der Waals surface area contributed by atoms with Crippen LogP contribution in [-0.4, -0.2) is 37.3 Å². The van der Waals surface area contributed by atoms with Crippen molar-refractivity contribution < 1.29 is 9.90 Å². The molecular weight excluding hydrogens is 180 g/mol. The zero-order chi connectivity index (χ0) is 10.8. The third-order valence-corrected chi connectivity index (χ3v) is 2.04. The van der Waals surface area contributed by atoms with Gasteiger partial charge in [0, 0.05) is 26.6 Å². The van der Waals surface area contributed by atoms with Crippen molar-refractivity contribution in [2.75, 3.05) is 26.2 Å². The average molecular weight is 202 g/mol. The Labute approximate surface area is 86.1 Å². The van der Waals surface area contributed by atoms with E-state index in [1.54, 1.807) is 0 Å². The van der Waals surface area contributed by atoms with E-state index in [0.29, 0.717) is 12.5 Å². The van der Waals surface area contributed by atoms with E-state index >= 15 is 0 Å². The van der Waals surface area contributed by atoms with E-state index in [0.717, 1.165) is 25.9 Å². The molecule has 3 N–H and O–H groups in total. The van der Waals surface area contributed by atoms with Gasteiger partial charge in [0.25, 0.3) is 0 Å². The second-order valence-electron chi connectivity index (χ2n) is 3.66. The van der Waals surface area contributed by atoms with Gasteiger partial charge in [0.1, 0.15) is 0 Å². The van der Waals surface area contributed by atoms with Gasteiger partial charge in [-0.2, -0.15) is 0 Å². The third-order valence-electron chi connectivity index (χ3n) is 2.04. The smallest absolute Gasteiger partial charge is 0.216 e. The molecule has 0 aliphatic rings. The van der Waals surface area contributed by atoms with E-state index in [9.17, 15) is 4.79 Å². The zero-order valence-corrected chi connectivity index (χ0v) is 9.18. The molecule has 0 heterocycles. The first-order valence-electron chi connectivity index (χ1n) is 5.22. The van der Waals surface area contributed by atoms with Gasteiger partial charge in [0.2, 0.25) is 5.91 Å². The van der Waals surface area contributed by atoms with Crippen molar-refractivity contribution in [3.63, 3.8) is 0 Å². The molecule has 0 fully saturated rings. The Bertz CT molecular complexity index is 151. The van der Waals surface area contributed by atoms with Gasteiger partial charge >= 0.3 is 0 Å². The molecule has 0 saturated carbocycles. The first-order valence-corrected chi connectivity index (χ1v) is 5.22. The van der Waals surface area contributed by atoms with Crippen molar-refractivity contribution in [1.29, 1.82) is 0 Å². The quantitative estimate of drug-likeness (QED) is 0.490. The maximum Gasteiger partial charge on any atom is 0.216 e. The number of nitrogens with one attached hydrogen (secondary N) is 2. The number of carbonyl (C=O) groups is 1. The minimum atomic E-state index is 0.0145. The highest BCUT2D eigenvalue weighted by Gasteiger charge is 1.98. The number of hydrogen-bond acceptors (Lipinski definition) is 3. The Kier molecular flexibility index (Phi) is 8.57. The molecule has 14 heavy (non-hydrogen) atoms. The highest BCUT2D eigenvalue weighted by Crippen LogP contribution is 2.02. The predicted octanol–water partition coefficient (Wildman–Crippen LogP) is 0.121. The molecule has 0 aliphatic heterocycles. The van der Waals surface area contributed by atoms with E-state index in [2.05, 4.69) is 10.6 Å². The van der Waals surface area contributed by atoms with E-state index in [1.807, 2.05) is 6.92 Å². The topological polar surface area (TPSA) is 61.4 Å². The molecular formula is C10H22N2O2. The molecule has 4 heteroatoms. The maximum absolute atomic E-state index is 10.5. The summed E-state index contributed by atoms with van der Waals surface area (Å²) in [5, 5.41) is 14.7. The van der Waals surface area contributed by atoms with Gasteiger partial charge in [-0.1, -0.05) is 6.92 Å². The van der Waals surface area contributed by atoms with Gasteiger partial charge in [-0.3, -0.25) is 4.79 Å². The molecule has 1 amide bonds. The van der Waals surface area contributed by atoms with Crippen molar-refractivity contribution >= 4 is 5.91 Å². The van der Waals surface area contributed by atoms with Gasteiger partial charge in [-0.25, -0.2) is 0 Å². The summed E-state index contributed by atoms with van der Waals surface area (Å²) in [6, 6.07) is 0. The molecule has 0 aliphatic carbocycles. The van der Waals surface area contributed by atoms with Crippen LogP contribution in [0.25, 0.3) is 0 Å². The predicted molar refractivity (Wildman–Crippen MR) is 57.0 cm³/mol. The Balaban J connectivity index is 3.02. The van der Waals surface area contributed by atoms with Crippen molar-refractivity contribution in [2.45, 2.75) is 26.7 Å². The number of amides is 1. The summed E-state index contributed by atoms with van der Waals surface area (Å²) in [6.07, 6.45) is 2.12. The summed E-state index contributed by atoms with van der Waals surface area (Å²) >= 11 is 0. The largest absolute Gasteiger partial charge is 0.396 e. The van der Waals surface area contributed by atoms with Crippen LogP contribution in [0.3, 0.4) is 0 Å². The SMILES string of the molecule is CC(=O)NCCNCCCC(C)CO. The summed E-state index contributed by atoms with van der Waals surface area (Å²) in [6.45, 7) is 6.27. The second-order valence-corrected chi connectivity index (χ2v) is 3.66. The Morgan fingerprint density at radius 2 is 2.07 bits per heavy atom. The third kappa shape index (κ3) is 9.48. The van der Waals surface area contributed by atoms with Gasteiger partial charge in [0.15, 0.2) is 0 Å². The average Bonchev–Trinajstić information content (AvgIpc) is 2.15. The summed E-state index contributed by atoms with van der Waals surface area (Å²) in [7, 11) is 0. The van der Waals surface area contributed by atoms with E-state index < -0.39 is 0 Å². The minimum absolute atomic E-state index is 0.0145. The fraction of sp³-hybridized carbons (Fsp3) is 0.900. The summed E-state index contributed by atoms with van der Waals surface area (Å²) in [4.78, 5) is 10.5. The number of rotatable bonds is 8. The fourth-order valence-electron chi connectivity index (χ4n) is 1.12. The molecule has 84 valence electrons. The van der Waals surface area contributed by atoms with Gasteiger partial charge < -0.3 is 15.7 Å². The van der Waals surface area contributed by atoms with Crippen molar-refractivity contribution in [3.8, 4) is 0 Å².